The highest BCUT2D eigenvalue weighted by Crippen LogP contribution is 2.41. The predicted molar refractivity (Wildman–Crippen MR) is 64.1 cm³/mol. The number of hydrogen-bond acceptors (Lipinski definition) is 3. The molecule has 1 fully saturated rings. The largest absolute Gasteiger partial charge is 0.261 e. The van der Waals surface area contributed by atoms with Gasteiger partial charge >= 0.3 is 0 Å². The average molecular weight is 224 g/mol. The summed E-state index contributed by atoms with van der Waals surface area (Å²) in [5.41, 5.74) is 2.88. The summed E-state index contributed by atoms with van der Waals surface area (Å²) in [6.45, 7) is 0.520. The zero-order valence-corrected chi connectivity index (χ0v) is 9.37. The van der Waals surface area contributed by atoms with E-state index < -0.39 is 0 Å². The molecule has 0 atom stereocenters. The van der Waals surface area contributed by atoms with Gasteiger partial charge in [-0.3, -0.25) is 14.6 Å². The van der Waals surface area contributed by atoms with Gasteiger partial charge < -0.3 is 0 Å². The molecule has 84 valence electrons. The first-order valence-electron chi connectivity index (χ1n) is 5.66. The van der Waals surface area contributed by atoms with E-state index in [4.69, 9.17) is 6.42 Å². The quantitative estimate of drug-likeness (QED) is 0.747. The second-order valence-corrected chi connectivity index (χ2v) is 4.18. The summed E-state index contributed by atoms with van der Waals surface area (Å²) < 4.78 is 1.90. The van der Waals surface area contributed by atoms with Gasteiger partial charge in [0.1, 0.15) is 17.9 Å². The van der Waals surface area contributed by atoms with E-state index in [0.29, 0.717) is 12.5 Å². The number of aromatic nitrogens is 4. The Morgan fingerprint density at radius 2 is 2.24 bits per heavy atom. The van der Waals surface area contributed by atoms with Crippen LogP contribution in [0.1, 0.15) is 24.5 Å². The van der Waals surface area contributed by atoms with Crippen molar-refractivity contribution in [1.29, 1.82) is 0 Å². The molecule has 0 bridgehead atoms. The van der Waals surface area contributed by atoms with Gasteiger partial charge in [0.15, 0.2) is 0 Å². The molecule has 0 aliphatic heterocycles. The van der Waals surface area contributed by atoms with Crippen LogP contribution in [0.2, 0.25) is 0 Å². The first-order chi connectivity index (χ1) is 8.38. The lowest BCUT2D eigenvalue weighted by atomic mass is 10.2. The maximum absolute atomic E-state index is 5.36. The molecule has 2 heterocycles. The SMILES string of the molecule is C#CCn1nc(-c2cnccn2)cc1C1CC1. The van der Waals surface area contributed by atoms with E-state index in [0.717, 1.165) is 11.4 Å². The fourth-order valence-corrected chi connectivity index (χ4v) is 1.91. The highest BCUT2D eigenvalue weighted by Gasteiger charge is 2.28. The van der Waals surface area contributed by atoms with E-state index in [1.54, 1.807) is 18.6 Å². The molecule has 0 aromatic carbocycles. The van der Waals surface area contributed by atoms with Crippen LogP contribution in [0.4, 0.5) is 0 Å². The van der Waals surface area contributed by atoms with Crippen LogP contribution in [0.15, 0.2) is 24.7 Å². The fourth-order valence-electron chi connectivity index (χ4n) is 1.91. The van der Waals surface area contributed by atoms with Gasteiger partial charge in [-0.1, -0.05) is 5.92 Å². The Kier molecular flexibility index (Phi) is 2.37. The third-order valence-corrected chi connectivity index (χ3v) is 2.87. The summed E-state index contributed by atoms with van der Waals surface area (Å²) in [4.78, 5) is 8.31. The smallest absolute Gasteiger partial charge is 0.113 e. The molecular formula is C13H12N4. The average Bonchev–Trinajstić information content (AvgIpc) is 3.13. The molecule has 1 aliphatic rings. The second kappa shape index (κ2) is 4.02. The lowest BCUT2D eigenvalue weighted by Crippen LogP contribution is -2.02. The van der Waals surface area contributed by atoms with E-state index in [9.17, 15) is 0 Å². The summed E-state index contributed by atoms with van der Waals surface area (Å²) in [6.07, 6.45) is 12.9. The Labute approximate surface area is 99.7 Å². The van der Waals surface area contributed by atoms with Crippen molar-refractivity contribution in [3.8, 4) is 23.7 Å². The van der Waals surface area contributed by atoms with Gasteiger partial charge in [0.25, 0.3) is 0 Å². The zero-order chi connectivity index (χ0) is 11.7. The molecule has 1 saturated carbocycles. The van der Waals surface area contributed by atoms with Gasteiger partial charge in [0, 0.05) is 24.0 Å². The van der Waals surface area contributed by atoms with Gasteiger partial charge in [0.05, 0.1) is 6.20 Å². The molecule has 4 nitrogen and oxygen atoms in total. The third-order valence-electron chi connectivity index (χ3n) is 2.87. The van der Waals surface area contributed by atoms with Crippen LogP contribution < -0.4 is 0 Å². The van der Waals surface area contributed by atoms with E-state index in [1.807, 2.05) is 4.68 Å². The first-order valence-corrected chi connectivity index (χ1v) is 5.66. The van der Waals surface area contributed by atoms with Crippen molar-refractivity contribution in [2.45, 2.75) is 25.3 Å². The Bertz CT molecular complexity index is 561. The summed E-state index contributed by atoms with van der Waals surface area (Å²) in [6, 6.07) is 2.08. The van der Waals surface area contributed by atoms with Crippen molar-refractivity contribution < 1.29 is 0 Å². The molecule has 17 heavy (non-hydrogen) atoms. The molecule has 2 aromatic rings. The van der Waals surface area contributed by atoms with Crippen molar-refractivity contribution in [2.75, 3.05) is 0 Å². The van der Waals surface area contributed by atoms with Crippen molar-refractivity contribution in [3.63, 3.8) is 0 Å². The second-order valence-electron chi connectivity index (χ2n) is 4.18. The van der Waals surface area contributed by atoms with Crippen LogP contribution in [0.3, 0.4) is 0 Å². The van der Waals surface area contributed by atoms with E-state index in [2.05, 4.69) is 27.1 Å². The molecule has 3 rings (SSSR count). The Hall–Kier alpha value is -2.15. The molecule has 0 radical (unpaired) electrons. The minimum absolute atomic E-state index is 0.520. The maximum atomic E-state index is 5.36. The standard InChI is InChI=1S/C13H12N4/c1-2-7-17-13(10-3-4-10)8-11(16-17)12-9-14-5-6-15-12/h1,5-6,8-10H,3-4,7H2. The normalized spacial score (nSPS) is 14.5. The van der Waals surface area contributed by atoms with Crippen LogP contribution >= 0.6 is 0 Å². The summed E-state index contributed by atoms with van der Waals surface area (Å²) >= 11 is 0. The Balaban J connectivity index is 2.01. The summed E-state index contributed by atoms with van der Waals surface area (Å²) in [5.74, 6) is 3.26. The number of rotatable bonds is 3. The monoisotopic (exact) mass is 224 g/mol. The molecule has 0 N–H and O–H groups in total. The molecule has 0 unspecified atom stereocenters. The topological polar surface area (TPSA) is 43.6 Å². The van der Waals surface area contributed by atoms with E-state index in [1.165, 1.54) is 18.5 Å². The molecule has 0 saturated heterocycles. The Morgan fingerprint density at radius 1 is 1.35 bits per heavy atom. The highest BCUT2D eigenvalue weighted by molar-refractivity contribution is 5.53. The number of hydrogen-bond donors (Lipinski definition) is 0. The van der Waals surface area contributed by atoms with E-state index in [-0.39, 0.29) is 0 Å². The molecular weight excluding hydrogens is 212 g/mol. The molecule has 0 amide bonds. The minimum Gasteiger partial charge on any atom is -0.261 e. The van der Waals surface area contributed by atoms with Gasteiger partial charge in [-0.15, -0.1) is 6.42 Å². The van der Waals surface area contributed by atoms with Crippen molar-refractivity contribution >= 4 is 0 Å². The van der Waals surface area contributed by atoms with E-state index >= 15 is 0 Å². The van der Waals surface area contributed by atoms with Crippen LogP contribution in [-0.2, 0) is 6.54 Å². The maximum Gasteiger partial charge on any atom is 0.113 e. The summed E-state index contributed by atoms with van der Waals surface area (Å²) in [5, 5.41) is 4.50. The van der Waals surface area contributed by atoms with Crippen LogP contribution in [0.5, 0.6) is 0 Å². The predicted octanol–water partition coefficient (Wildman–Crippen LogP) is 1.85. The van der Waals surface area contributed by atoms with Gasteiger partial charge in [-0.25, -0.2) is 0 Å². The van der Waals surface area contributed by atoms with Crippen molar-refractivity contribution in [2.24, 2.45) is 0 Å². The molecule has 0 spiro atoms. The van der Waals surface area contributed by atoms with Crippen LogP contribution in [-0.4, -0.2) is 19.7 Å². The lowest BCUT2D eigenvalue weighted by Gasteiger charge is -2.00. The zero-order valence-electron chi connectivity index (χ0n) is 9.37. The number of nitrogens with zero attached hydrogens (tertiary/aromatic N) is 4. The van der Waals surface area contributed by atoms with Crippen molar-refractivity contribution in [1.82, 2.24) is 19.7 Å². The first kappa shape index (κ1) is 10.0. The highest BCUT2D eigenvalue weighted by atomic mass is 15.3. The summed E-state index contributed by atoms with van der Waals surface area (Å²) in [7, 11) is 0. The van der Waals surface area contributed by atoms with Gasteiger partial charge in [-0.05, 0) is 18.9 Å². The Morgan fingerprint density at radius 3 is 2.88 bits per heavy atom. The fraction of sp³-hybridized carbons (Fsp3) is 0.308. The minimum atomic E-state index is 0.520. The molecule has 1 aliphatic carbocycles. The van der Waals surface area contributed by atoms with Gasteiger partial charge in [0.2, 0.25) is 0 Å². The van der Waals surface area contributed by atoms with Crippen molar-refractivity contribution in [3.05, 3.63) is 30.4 Å². The molecule has 2 aromatic heterocycles. The lowest BCUT2D eigenvalue weighted by molar-refractivity contribution is 0.672. The number of terminal acetylenes is 1. The molecule has 4 heteroatoms. The van der Waals surface area contributed by atoms with Crippen LogP contribution in [0.25, 0.3) is 11.4 Å². The van der Waals surface area contributed by atoms with Crippen LogP contribution in [0, 0.1) is 12.3 Å². The third kappa shape index (κ3) is 1.92. The van der Waals surface area contributed by atoms with Gasteiger partial charge in [-0.2, -0.15) is 5.10 Å².